The summed E-state index contributed by atoms with van der Waals surface area (Å²) in [5.74, 6) is 0. The Labute approximate surface area is 306 Å². The van der Waals surface area contributed by atoms with E-state index in [1.54, 1.807) is 0 Å². The lowest BCUT2D eigenvalue weighted by atomic mass is 9.70. The highest BCUT2D eigenvalue weighted by atomic mass is 14.7. The van der Waals surface area contributed by atoms with Crippen molar-refractivity contribution in [2.75, 3.05) is 0 Å². The van der Waals surface area contributed by atoms with Crippen LogP contribution in [0.2, 0.25) is 0 Å². The lowest BCUT2D eigenvalue weighted by Crippen LogP contribution is -2.26. The Morgan fingerprint density at radius 3 is 1.58 bits per heavy atom. The summed E-state index contributed by atoms with van der Waals surface area (Å²) in [5.41, 5.74) is 17.0. The molecular weight excluding hydrogens is 641 g/mol. The van der Waals surface area contributed by atoms with E-state index in [1.165, 1.54) is 88.3 Å². The van der Waals surface area contributed by atoms with Gasteiger partial charge >= 0.3 is 0 Å². The molecule has 2 heteroatoms. The summed E-state index contributed by atoms with van der Waals surface area (Å²) in [6.07, 6.45) is 3.80. The van der Waals surface area contributed by atoms with Crippen molar-refractivity contribution in [3.8, 4) is 44.5 Å². The topological polar surface area (TPSA) is 25.8 Å². The fourth-order valence-corrected chi connectivity index (χ4v) is 9.68. The van der Waals surface area contributed by atoms with E-state index >= 15 is 0 Å². The van der Waals surface area contributed by atoms with Crippen molar-refractivity contribution in [2.24, 2.45) is 0 Å². The fourth-order valence-electron chi connectivity index (χ4n) is 9.68. The molecule has 0 bridgehead atoms. The van der Waals surface area contributed by atoms with E-state index in [1.807, 2.05) is 24.5 Å². The van der Waals surface area contributed by atoms with Gasteiger partial charge in [-0.1, -0.05) is 140 Å². The van der Waals surface area contributed by atoms with Crippen molar-refractivity contribution in [3.05, 3.63) is 205 Å². The van der Waals surface area contributed by atoms with Crippen molar-refractivity contribution in [1.29, 1.82) is 0 Å². The third-order valence-corrected chi connectivity index (χ3v) is 11.9. The van der Waals surface area contributed by atoms with Crippen LogP contribution in [0.15, 0.2) is 182 Å². The number of fused-ring (bicyclic) bond motifs is 16. The highest BCUT2D eigenvalue weighted by Crippen LogP contribution is 2.63. The predicted octanol–water partition coefficient (Wildman–Crippen LogP) is 12.8. The Hall–Kier alpha value is -6.90. The van der Waals surface area contributed by atoms with E-state index in [4.69, 9.17) is 9.97 Å². The molecule has 0 atom stereocenters. The SMILES string of the molecule is c1ccc2c(c1)-c1ccccc1C21c2cc(-c3ccc4ccc5cccnc5c4c3)ccc2-c2ccc(-c3cccc4ccc5cccnc5c34)cc21. The van der Waals surface area contributed by atoms with Gasteiger partial charge in [-0.25, -0.2) is 0 Å². The minimum Gasteiger partial charge on any atom is -0.256 e. The van der Waals surface area contributed by atoms with Gasteiger partial charge in [-0.3, -0.25) is 9.97 Å². The summed E-state index contributed by atoms with van der Waals surface area (Å²) < 4.78 is 0. The van der Waals surface area contributed by atoms with Crippen LogP contribution in [-0.2, 0) is 5.41 Å². The number of hydrogen-bond acceptors (Lipinski definition) is 2. The highest BCUT2D eigenvalue weighted by Gasteiger charge is 2.51. The van der Waals surface area contributed by atoms with Crippen LogP contribution in [0.1, 0.15) is 22.3 Å². The predicted molar refractivity (Wildman–Crippen MR) is 219 cm³/mol. The molecule has 2 aliphatic rings. The molecule has 0 fully saturated rings. The van der Waals surface area contributed by atoms with Crippen LogP contribution in [-0.4, -0.2) is 9.97 Å². The summed E-state index contributed by atoms with van der Waals surface area (Å²) in [4.78, 5) is 9.70. The lowest BCUT2D eigenvalue weighted by Gasteiger charge is -2.31. The molecule has 2 nitrogen and oxygen atoms in total. The molecule has 244 valence electrons. The van der Waals surface area contributed by atoms with Gasteiger partial charge in [-0.2, -0.15) is 0 Å². The molecule has 0 amide bonds. The van der Waals surface area contributed by atoms with Crippen molar-refractivity contribution < 1.29 is 0 Å². The Bertz CT molecular complexity index is 3140. The maximum Gasteiger partial charge on any atom is 0.0786 e. The number of pyridine rings is 2. The molecule has 12 rings (SSSR count). The van der Waals surface area contributed by atoms with E-state index in [9.17, 15) is 0 Å². The average molecular weight is 671 g/mol. The molecule has 0 N–H and O–H groups in total. The van der Waals surface area contributed by atoms with Crippen molar-refractivity contribution in [3.63, 3.8) is 0 Å². The van der Waals surface area contributed by atoms with Crippen LogP contribution in [0.25, 0.3) is 87.9 Å². The van der Waals surface area contributed by atoms with Gasteiger partial charge in [0.25, 0.3) is 0 Å². The highest BCUT2D eigenvalue weighted by molar-refractivity contribution is 6.13. The van der Waals surface area contributed by atoms with E-state index < -0.39 is 5.41 Å². The first-order chi connectivity index (χ1) is 26.3. The van der Waals surface area contributed by atoms with Crippen LogP contribution >= 0.6 is 0 Å². The van der Waals surface area contributed by atoms with Gasteiger partial charge in [-0.15, -0.1) is 0 Å². The number of benzene rings is 8. The van der Waals surface area contributed by atoms with E-state index in [2.05, 4.69) is 158 Å². The average Bonchev–Trinajstić information content (AvgIpc) is 3.70. The number of aromatic nitrogens is 2. The van der Waals surface area contributed by atoms with Crippen molar-refractivity contribution in [1.82, 2.24) is 9.97 Å². The maximum absolute atomic E-state index is 4.90. The van der Waals surface area contributed by atoms with Gasteiger partial charge in [0.1, 0.15) is 0 Å². The van der Waals surface area contributed by atoms with Crippen LogP contribution in [0.3, 0.4) is 0 Å². The summed E-state index contributed by atoms with van der Waals surface area (Å²) in [6, 6.07) is 63.0. The zero-order valence-corrected chi connectivity index (χ0v) is 28.7. The monoisotopic (exact) mass is 670 g/mol. The number of rotatable bonds is 2. The minimum atomic E-state index is -0.472. The lowest BCUT2D eigenvalue weighted by molar-refractivity contribution is 0.794. The Balaban J connectivity index is 1.14. The zero-order valence-electron chi connectivity index (χ0n) is 28.7. The molecular formula is C51H30N2. The van der Waals surface area contributed by atoms with Crippen molar-refractivity contribution >= 4 is 43.4 Å². The van der Waals surface area contributed by atoms with Crippen LogP contribution < -0.4 is 0 Å². The Kier molecular flexibility index (Phi) is 5.73. The number of hydrogen-bond donors (Lipinski definition) is 0. The second-order valence-corrected chi connectivity index (χ2v) is 14.5. The van der Waals surface area contributed by atoms with Gasteiger partial charge in [0.05, 0.1) is 16.4 Å². The zero-order chi connectivity index (χ0) is 34.7. The molecule has 0 aliphatic heterocycles. The molecule has 0 unspecified atom stereocenters. The van der Waals surface area contributed by atoms with E-state index in [-0.39, 0.29) is 0 Å². The van der Waals surface area contributed by atoms with E-state index in [0.717, 1.165) is 21.8 Å². The second kappa shape index (κ2) is 10.6. The van der Waals surface area contributed by atoms with Gasteiger partial charge < -0.3 is 0 Å². The summed E-state index contributed by atoms with van der Waals surface area (Å²) in [6.45, 7) is 0. The normalized spacial score (nSPS) is 13.4. The largest absolute Gasteiger partial charge is 0.256 e. The molecule has 2 aromatic heterocycles. The molecule has 0 saturated carbocycles. The molecule has 2 aliphatic carbocycles. The van der Waals surface area contributed by atoms with Crippen LogP contribution in [0, 0.1) is 0 Å². The molecule has 0 radical (unpaired) electrons. The summed E-state index contributed by atoms with van der Waals surface area (Å²) >= 11 is 0. The first-order valence-corrected chi connectivity index (χ1v) is 18.3. The van der Waals surface area contributed by atoms with Crippen LogP contribution in [0.4, 0.5) is 0 Å². The Morgan fingerprint density at radius 1 is 0.321 bits per heavy atom. The molecule has 10 aromatic rings. The Morgan fingerprint density at radius 2 is 0.830 bits per heavy atom. The summed E-state index contributed by atoms with van der Waals surface area (Å²) in [5, 5.41) is 7.09. The first kappa shape index (κ1) is 28.8. The molecule has 53 heavy (non-hydrogen) atoms. The van der Waals surface area contributed by atoms with Gasteiger partial charge in [0.2, 0.25) is 0 Å². The molecule has 1 spiro atoms. The van der Waals surface area contributed by atoms with Crippen molar-refractivity contribution in [2.45, 2.75) is 5.41 Å². The fraction of sp³-hybridized carbons (Fsp3) is 0.0196. The second-order valence-electron chi connectivity index (χ2n) is 14.5. The smallest absolute Gasteiger partial charge is 0.0786 e. The first-order valence-electron chi connectivity index (χ1n) is 18.3. The van der Waals surface area contributed by atoms with Crippen LogP contribution in [0.5, 0.6) is 0 Å². The van der Waals surface area contributed by atoms with Gasteiger partial charge in [-0.05, 0) is 108 Å². The minimum absolute atomic E-state index is 0.472. The van der Waals surface area contributed by atoms with E-state index in [0.29, 0.717) is 0 Å². The maximum atomic E-state index is 4.90. The third kappa shape index (κ3) is 3.82. The quantitative estimate of drug-likeness (QED) is 0.171. The third-order valence-electron chi connectivity index (χ3n) is 11.9. The summed E-state index contributed by atoms with van der Waals surface area (Å²) in [7, 11) is 0. The standard InChI is InChI=1S/C51H30N2/c1-3-14-44-39(11-1)40-12-2-4-15-45(40)51(44)46-29-36(35-21-17-31-16-19-33-9-6-26-52-49(33)43(31)28-35)22-24-41(46)42-25-23-37(30-47(42)51)38-13-5-8-32-18-20-34-10-7-27-53-50(34)48(32)38/h1-30H. The van der Waals surface area contributed by atoms with Gasteiger partial charge in [0, 0.05) is 33.9 Å². The molecule has 0 saturated heterocycles. The molecule has 8 aromatic carbocycles. The number of nitrogens with zero attached hydrogens (tertiary/aromatic N) is 2. The van der Waals surface area contributed by atoms with Gasteiger partial charge in [0.15, 0.2) is 0 Å². The molecule has 2 heterocycles.